The van der Waals surface area contributed by atoms with Gasteiger partial charge >= 0.3 is 0 Å². The minimum Gasteiger partial charge on any atom is -0.360 e. The average Bonchev–Trinajstić information content (AvgIpc) is 2.86. The summed E-state index contributed by atoms with van der Waals surface area (Å²) in [4.78, 5) is 15.0. The number of carbonyl (C=O) groups excluding carboxylic acids is 1. The summed E-state index contributed by atoms with van der Waals surface area (Å²) in [5.74, 6) is -2.78. The molecular formula is C16H10F3NO. The number of aromatic nitrogens is 1. The first-order valence-corrected chi connectivity index (χ1v) is 6.29. The van der Waals surface area contributed by atoms with Gasteiger partial charge in [0.25, 0.3) is 0 Å². The molecule has 2 aromatic carbocycles. The lowest BCUT2D eigenvalue weighted by Crippen LogP contribution is -2.05. The van der Waals surface area contributed by atoms with Gasteiger partial charge in [0.1, 0.15) is 5.82 Å². The van der Waals surface area contributed by atoms with Gasteiger partial charge in [-0.2, -0.15) is 0 Å². The Bertz CT molecular complexity index is 839. The van der Waals surface area contributed by atoms with Crippen LogP contribution in [0.25, 0.3) is 10.9 Å². The normalized spacial score (nSPS) is 11.0. The van der Waals surface area contributed by atoms with E-state index in [1.165, 1.54) is 36.5 Å². The molecule has 5 heteroatoms. The number of nitrogens with one attached hydrogen (secondary N) is 1. The monoisotopic (exact) mass is 289 g/mol. The van der Waals surface area contributed by atoms with E-state index >= 15 is 0 Å². The number of H-pyrrole nitrogens is 1. The second-order valence-corrected chi connectivity index (χ2v) is 4.71. The molecule has 0 atom stereocenters. The smallest absolute Gasteiger partial charge is 0.169 e. The number of Topliss-reactive ketones (excluding diaryl/α,β-unsaturated/α-hetero) is 1. The van der Waals surface area contributed by atoms with Gasteiger partial charge in [-0.05, 0) is 29.8 Å². The van der Waals surface area contributed by atoms with Gasteiger partial charge in [0, 0.05) is 29.1 Å². The number of hydrogen-bond donors (Lipinski definition) is 1. The highest BCUT2D eigenvalue weighted by molar-refractivity contribution is 6.08. The molecule has 0 radical (unpaired) electrons. The summed E-state index contributed by atoms with van der Waals surface area (Å²) in [7, 11) is 0. The fourth-order valence-electron chi connectivity index (χ4n) is 2.28. The van der Waals surface area contributed by atoms with E-state index < -0.39 is 17.5 Å². The maximum atomic E-state index is 13.6. The second-order valence-electron chi connectivity index (χ2n) is 4.71. The lowest BCUT2D eigenvalue weighted by atomic mass is 10.0. The Hall–Kier alpha value is -2.56. The van der Waals surface area contributed by atoms with Gasteiger partial charge in [-0.15, -0.1) is 0 Å². The second kappa shape index (κ2) is 5.09. The van der Waals surface area contributed by atoms with E-state index in [1.54, 1.807) is 0 Å². The van der Waals surface area contributed by atoms with Crippen LogP contribution in [0.1, 0.15) is 15.9 Å². The maximum absolute atomic E-state index is 13.6. The van der Waals surface area contributed by atoms with Crippen molar-refractivity contribution in [2.45, 2.75) is 6.42 Å². The van der Waals surface area contributed by atoms with Gasteiger partial charge in [0.2, 0.25) is 0 Å². The van der Waals surface area contributed by atoms with E-state index in [1.807, 2.05) is 0 Å². The number of fused-ring (bicyclic) bond motifs is 1. The van der Waals surface area contributed by atoms with Gasteiger partial charge in [0.05, 0.1) is 0 Å². The highest BCUT2D eigenvalue weighted by Crippen LogP contribution is 2.22. The quantitative estimate of drug-likeness (QED) is 0.726. The van der Waals surface area contributed by atoms with Crippen LogP contribution in [0.15, 0.2) is 42.6 Å². The van der Waals surface area contributed by atoms with Gasteiger partial charge in [-0.25, -0.2) is 13.2 Å². The number of hydrogen-bond acceptors (Lipinski definition) is 1. The van der Waals surface area contributed by atoms with Crippen molar-refractivity contribution in [2.24, 2.45) is 0 Å². The Morgan fingerprint density at radius 2 is 1.90 bits per heavy atom. The molecule has 1 aromatic heterocycles. The predicted octanol–water partition coefficient (Wildman–Crippen LogP) is 4.01. The SMILES string of the molecule is O=C(Cc1cccc(F)c1F)c1c[nH]c2cc(F)ccc12. The molecule has 1 heterocycles. The third-order valence-electron chi connectivity index (χ3n) is 3.33. The van der Waals surface area contributed by atoms with Crippen LogP contribution < -0.4 is 0 Å². The van der Waals surface area contributed by atoms with Gasteiger partial charge in [-0.3, -0.25) is 4.79 Å². The fourth-order valence-corrected chi connectivity index (χ4v) is 2.28. The Morgan fingerprint density at radius 3 is 2.71 bits per heavy atom. The molecule has 3 rings (SSSR count). The third-order valence-corrected chi connectivity index (χ3v) is 3.33. The van der Waals surface area contributed by atoms with Crippen LogP contribution in [0.3, 0.4) is 0 Å². The summed E-state index contributed by atoms with van der Waals surface area (Å²) in [6.45, 7) is 0. The molecule has 2 nitrogen and oxygen atoms in total. The van der Waals surface area contributed by atoms with E-state index in [9.17, 15) is 18.0 Å². The number of rotatable bonds is 3. The minimum absolute atomic E-state index is 0.00328. The highest BCUT2D eigenvalue weighted by Gasteiger charge is 2.16. The van der Waals surface area contributed by atoms with Crippen molar-refractivity contribution >= 4 is 16.7 Å². The number of benzene rings is 2. The molecule has 1 N–H and O–H groups in total. The summed E-state index contributed by atoms with van der Waals surface area (Å²) in [6, 6.07) is 7.72. The van der Waals surface area contributed by atoms with Gasteiger partial charge in [-0.1, -0.05) is 12.1 Å². The molecule has 0 aliphatic carbocycles. The molecule has 0 saturated heterocycles. The molecule has 0 unspecified atom stereocenters. The first kappa shape index (κ1) is 13.4. The topological polar surface area (TPSA) is 32.9 Å². The molecular weight excluding hydrogens is 279 g/mol. The average molecular weight is 289 g/mol. The van der Waals surface area contributed by atoms with E-state index in [2.05, 4.69) is 4.98 Å². The van der Waals surface area contributed by atoms with Crippen molar-refractivity contribution in [1.29, 1.82) is 0 Å². The van der Waals surface area contributed by atoms with E-state index in [0.717, 1.165) is 6.07 Å². The van der Waals surface area contributed by atoms with E-state index in [-0.39, 0.29) is 17.8 Å². The molecule has 0 saturated carbocycles. The standard InChI is InChI=1S/C16H10F3NO/c17-10-4-5-11-12(8-20-14(11)7-10)15(21)6-9-2-1-3-13(18)16(9)19/h1-5,7-8,20H,6H2. The molecule has 106 valence electrons. The number of aromatic amines is 1. The molecule has 0 amide bonds. The lowest BCUT2D eigenvalue weighted by molar-refractivity contribution is 0.0993. The van der Waals surface area contributed by atoms with Crippen LogP contribution in [-0.4, -0.2) is 10.8 Å². The Morgan fingerprint density at radius 1 is 1.10 bits per heavy atom. The zero-order valence-electron chi connectivity index (χ0n) is 10.8. The van der Waals surface area contributed by atoms with Crippen molar-refractivity contribution in [3.63, 3.8) is 0 Å². The fraction of sp³-hybridized carbons (Fsp3) is 0.0625. The molecule has 0 aliphatic heterocycles. The van der Waals surface area contributed by atoms with Gasteiger partial charge < -0.3 is 4.98 Å². The largest absolute Gasteiger partial charge is 0.360 e. The molecule has 0 aliphatic rings. The summed E-state index contributed by atoms with van der Waals surface area (Å²) in [5, 5.41) is 0.554. The van der Waals surface area contributed by atoms with Crippen molar-refractivity contribution in [3.05, 3.63) is 71.2 Å². The van der Waals surface area contributed by atoms with Crippen LogP contribution in [0.2, 0.25) is 0 Å². The van der Waals surface area contributed by atoms with Crippen molar-refractivity contribution < 1.29 is 18.0 Å². The van der Waals surface area contributed by atoms with Crippen molar-refractivity contribution in [3.8, 4) is 0 Å². The van der Waals surface area contributed by atoms with Crippen LogP contribution in [0, 0.1) is 17.5 Å². The molecule has 21 heavy (non-hydrogen) atoms. The number of ketones is 1. The van der Waals surface area contributed by atoms with E-state index in [0.29, 0.717) is 16.5 Å². The summed E-state index contributed by atoms with van der Waals surface area (Å²) < 4.78 is 39.8. The van der Waals surface area contributed by atoms with E-state index in [4.69, 9.17) is 0 Å². The minimum atomic E-state index is -1.02. The lowest BCUT2D eigenvalue weighted by Gasteiger charge is -2.03. The zero-order chi connectivity index (χ0) is 15.0. The summed E-state index contributed by atoms with van der Waals surface area (Å²) in [5.41, 5.74) is 0.809. The number of carbonyl (C=O) groups is 1. The van der Waals surface area contributed by atoms with Crippen LogP contribution in [0.5, 0.6) is 0 Å². The predicted molar refractivity (Wildman–Crippen MR) is 72.6 cm³/mol. The third kappa shape index (κ3) is 2.42. The van der Waals surface area contributed by atoms with Crippen LogP contribution in [0.4, 0.5) is 13.2 Å². The van der Waals surface area contributed by atoms with Crippen LogP contribution >= 0.6 is 0 Å². The summed E-state index contributed by atoms with van der Waals surface area (Å²) in [6.07, 6.45) is 1.19. The summed E-state index contributed by atoms with van der Waals surface area (Å²) >= 11 is 0. The zero-order valence-corrected chi connectivity index (χ0v) is 10.8. The van der Waals surface area contributed by atoms with Crippen molar-refractivity contribution in [2.75, 3.05) is 0 Å². The van der Waals surface area contributed by atoms with Crippen LogP contribution in [-0.2, 0) is 6.42 Å². The molecule has 0 bridgehead atoms. The molecule has 0 fully saturated rings. The Balaban J connectivity index is 1.96. The van der Waals surface area contributed by atoms with Crippen molar-refractivity contribution in [1.82, 2.24) is 4.98 Å². The first-order valence-electron chi connectivity index (χ1n) is 6.29. The van der Waals surface area contributed by atoms with Gasteiger partial charge in [0.15, 0.2) is 17.4 Å². The number of halogens is 3. The highest BCUT2D eigenvalue weighted by atomic mass is 19.2. The Labute approximate surface area is 118 Å². The maximum Gasteiger partial charge on any atom is 0.169 e. The first-order chi connectivity index (χ1) is 10.1. The molecule has 3 aromatic rings. The Kier molecular flexibility index (Phi) is 3.25. The molecule has 0 spiro atoms.